The summed E-state index contributed by atoms with van der Waals surface area (Å²) in [5.41, 5.74) is 9.28. The first kappa shape index (κ1) is 37.2. The van der Waals surface area contributed by atoms with E-state index in [1.54, 1.807) is 0 Å². The van der Waals surface area contributed by atoms with E-state index in [4.69, 9.17) is 0 Å². The lowest BCUT2D eigenvalue weighted by Crippen LogP contribution is -2.17. The molecule has 3 aromatic carbocycles. The second-order valence-electron chi connectivity index (χ2n) is 16.6. The van der Waals surface area contributed by atoms with Gasteiger partial charge in [-0.15, -0.1) is 0 Å². The molecular weight excluding hydrogens is 540 g/mol. The highest BCUT2D eigenvalue weighted by Gasteiger charge is 2.27. The van der Waals surface area contributed by atoms with Crippen LogP contribution in [0, 0.1) is 0 Å². The van der Waals surface area contributed by atoms with Gasteiger partial charge in [-0.05, 0) is 91.0 Å². The maximum absolute atomic E-state index is 11.0. The molecule has 3 rings (SSSR count). The molecule has 244 valence electrons. The number of hydrogen-bond donors (Lipinski definition) is 3. The maximum Gasteiger partial charge on any atom is 0.123 e. The van der Waals surface area contributed by atoms with E-state index < -0.39 is 0 Å². The van der Waals surface area contributed by atoms with E-state index in [0.29, 0.717) is 23.7 Å². The van der Waals surface area contributed by atoms with Crippen LogP contribution in [0.2, 0.25) is 0 Å². The Hall–Kier alpha value is -2.94. The summed E-state index contributed by atoms with van der Waals surface area (Å²) in [6, 6.07) is 12.7. The first-order valence-corrected chi connectivity index (χ1v) is 16.5. The summed E-state index contributed by atoms with van der Waals surface area (Å²) in [4.78, 5) is 0. The van der Waals surface area contributed by atoms with Crippen molar-refractivity contribution in [3.8, 4) is 17.2 Å². The monoisotopic (exact) mass is 602 g/mol. The molecular formula is C41H62O3. The fraction of sp³-hybridized carbons (Fsp3) is 0.561. The van der Waals surface area contributed by atoms with E-state index in [2.05, 4.69) is 140 Å². The van der Waals surface area contributed by atoms with E-state index in [-0.39, 0.29) is 21.7 Å². The number of phenols is 3. The summed E-state index contributed by atoms with van der Waals surface area (Å²) in [7, 11) is 0. The molecule has 3 aromatic rings. The molecule has 3 heteroatoms. The van der Waals surface area contributed by atoms with Gasteiger partial charge in [-0.2, -0.15) is 0 Å². The van der Waals surface area contributed by atoms with Crippen molar-refractivity contribution in [2.24, 2.45) is 0 Å². The lowest BCUT2D eigenvalue weighted by Gasteiger charge is -2.28. The lowest BCUT2D eigenvalue weighted by atomic mass is 9.78. The summed E-state index contributed by atoms with van der Waals surface area (Å²) in [6.07, 6.45) is 3.38. The molecule has 44 heavy (non-hydrogen) atoms. The van der Waals surface area contributed by atoms with Crippen LogP contribution in [-0.2, 0) is 47.3 Å². The first-order chi connectivity index (χ1) is 19.9. The smallest absolute Gasteiger partial charge is 0.123 e. The largest absolute Gasteiger partial charge is 0.507 e. The van der Waals surface area contributed by atoms with Gasteiger partial charge >= 0.3 is 0 Å². The average Bonchev–Trinajstić information content (AvgIpc) is 2.88. The van der Waals surface area contributed by atoms with Crippen LogP contribution in [0.15, 0.2) is 36.4 Å². The normalized spacial score (nSPS) is 12.6. The minimum atomic E-state index is -0.131. The molecule has 0 aliphatic carbocycles. The van der Waals surface area contributed by atoms with Crippen LogP contribution in [0.1, 0.15) is 154 Å². The number of benzene rings is 3. The SMILES string of the molecule is CCc1cc(C(C)(C)C)c(O)c(C(C)(C)C)c1.CCc1cc(Cc2cc(CC)cc(C(C)(C)C)c2O)c(O)c(C(C)(C)C)c1. The van der Waals surface area contributed by atoms with Crippen LogP contribution in [0.25, 0.3) is 0 Å². The molecule has 0 unspecified atom stereocenters. The summed E-state index contributed by atoms with van der Waals surface area (Å²) in [5.74, 6) is 1.19. The Kier molecular flexibility index (Phi) is 11.5. The molecule has 0 spiro atoms. The summed E-state index contributed by atoms with van der Waals surface area (Å²) < 4.78 is 0. The summed E-state index contributed by atoms with van der Waals surface area (Å²) >= 11 is 0. The van der Waals surface area contributed by atoms with Crippen molar-refractivity contribution in [3.63, 3.8) is 0 Å². The summed E-state index contributed by atoms with van der Waals surface area (Å²) in [6.45, 7) is 32.0. The Morgan fingerprint density at radius 1 is 0.386 bits per heavy atom. The fourth-order valence-corrected chi connectivity index (χ4v) is 5.59. The highest BCUT2D eigenvalue weighted by atomic mass is 16.3. The van der Waals surface area contributed by atoms with Crippen molar-refractivity contribution in [2.45, 2.75) is 151 Å². The van der Waals surface area contributed by atoms with Crippen molar-refractivity contribution in [3.05, 3.63) is 86.5 Å². The Balaban J connectivity index is 0.000000342. The Labute approximate surface area is 269 Å². The molecule has 0 aliphatic rings. The van der Waals surface area contributed by atoms with Crippen molar-refractivity contribution in [1.29, 1.82) is 0 Å². The minimum Gasteiger partial charge on any atom is -0.507 e. The number of phenolic OH excluding ortho intramolecular Hbond substituents is 3. The second kappa shape index (κ2) is 13.6. The Bertz CT molecular complexity index is 1330. The predicted molar refractivity (Wildman–Crippen MR) is 190 cm³/mol. The van der Waals surface area contributed by atoms with Gasteiger partial charge in [-0.3, -0.25) is 0 Å². The number of aromatic hydroxyl groups is 3. The van der Waals surface area contributed by atoms with Gasteiger partial charge in [-0.1, -0.05) is 140 Å². The van der Waals surface area contributed by atoms with Gasteiger partial charge in [0, 0.05) is 6.42 Å². The van der Waals surface area contributed by atoms with Crippen molar-refractivity contribution in [1.82, 2.24) is 0 Å². The van der Waals surface area contributed by atoms with Crippen molar-refractivity contribution >= 4 is 0 Å². The van der Waals surface area contributed by atoms with E-state index in [1.165, 1.54) is 16.7 Å². The molecule has 0 atom stereocenters. The zero-order valence-electron chi connectivity index (χ0n) is 30.6. The summed E-state index contributed by atoms with van der Waals surface area (Å²) in [5, 5.41) is 32.4. The molecule has 0 saturated carbocycles. The maximum atomic E-state index is 11.0. The lowest BCUT2D eigenvalue weighted by molar-refractivity contribution is 0.422. The van der Waals surface area contributed by atoms with Crippen LogP contribution in [0.3, 0.4) is 0 Å². The van der Waals surface area contributed by atoms with E-state index in [1.807, 2.05) is 0 Å². The van der Waals surface area contributed by atoms with Gasteiger partial charge in [0.05, 0.1) is 0 Å². The van der Waals surface area contributed by atoms with Gasteiger partial charge in [0.1, 0.15) is 17.2 Å². The van der Waals surface area contributed by atoms with E-state index in [9.17, 15) is 15.3 Å². The van der Waals surface area contributed by atoms with Gasteiger partial charge in [-0.25, -0.2) is 0 Å². The number of hydrogen-bond acceptors (Lipinski definition) is 3. The van der Waals surface area contributed by atoms with Gasteiger partial charge in [0.15, 0.2) is 0 Å². The van der Waals surface area contributed by atoms with Gasteiger partial charge in [0.2, 0.25) is 0 Å². The molecule has 0 amide bonds. The molecule has 0 heterocycles. The van der Waals surface area contributed by atoms with Gasteiger partial charge in [0.25, 0.3) is 0 Å². The molecule has 3 nitrogen and oxygen atoms in total. The molecule has 0 aliphatic heterocycles. The topological polar surface area (TPSA) is 60.7 Å². The molecule has 0 bridgehead atoms. The molecule has 3 N–H and O–H groups in total. The highest BCUT2D eigenvalue weighted by Crippen LogP contribution is 2.41. The quantitative estimate of drug-likeness (QED) is 0.272. The highest BCUT2D eigenvalue weighted by molar-refractivity contribution is 5.54. The molecule has 0 saturated heterocycles. The zero-order valence-corrected chi connectivity index (χ0v) is 30.6. The standard InChI is InChI=1S/C25H36O2.C16H26O/c1-9-16-11-18(22(26)20(13-16)24(3,4)5)15-19-12-17(10-2)14-21(23(19)27)25(6,7)8;1-8-11-9-12(15(2,3)4)14(17)13(10-11)16(5,6)7/h11-14,26-27H,9-10,15H2,1-8H3;9-10,17H,8H2,1-7H3. The van der Waals surface area contributed by atoms with E-state index >= 15 is 0 Å². The number of aryl methyl sites for hydroxylation is 3. The van der Waals surface area contributed by atoms with E-state index in [0.717, 1.165) is 52.6 Å². The first-order valence-electron chi connectivity index (χ1n) is 16.5. The van der Waals surface area contributed by atoms with Crippen molar-refractivity contribution in [2.75, 3.05) is 0 Å². The van der Waals surface area contributed by atoms with Crippen LogP contribution >= 0.6 is 0 Å². The van der Waals surface area contributed by atoms with Crippen LogP contribution < -0.4 is 0 Å². The minimum absolute atomic E-state index is 0.0186. The zero-order chi connectivity index (χ0) is 34.0. The molecule has 0 fully saturated rings. The van der Waals surface area contributed by atoms with Crippen molar-refractivity contribution < 1.29 is 15.3 Å². The van der Waals surface area contributed by atoms with Gasteiger partial charge < -0.3 is 15.3 Å². The Morgan fingerprint density at radius 2 is 0.614 bits per heavy atom. The fourth-order valence-electron chi connectivity index (χ4n) is 5.59. The van der Waals surface area contributed by atoms with Crippen LogP contribution in [0.4, 0.5) is 0 Å². The number of rotatable bonds is 5. The average molecular weight is 603 g/mol. The molecule has 0 aromatic heterocycles. The Morgan fingerprint density at radius 3 is 0.841 bits per heavy atom. The third-order valence-corrected chi connectivity index (χ3v) is 8.50. The van der Waals surface area contributed by atoms with Crippen LogP contribution in [-0.4, -0.2) is 15.3 Å². The third-order valence-electron chi connectivity index (χ3n) is 8.50. The molecule has 0 radical (unpaired) electrons. The predicted octanol–water partition coefficient (Wildman–Crippen LogP) is 11.0. The van der Waals surface area contributed by atoms with Crippen LogP contribution in [0.5, 0.6) is 17.2 Å². The second-order valence-corrected chi connectivity index (χ2v) is 16.6. The third kappa shape index (κ3) is 9.05.